The molecular weight excluding hydrogens is 204 g/mol. The first-order valence-electron chi connectivity index (χ1n) is 3.96. The highest BCUT2D eigenvalue weighted by atomic mass is 19.1. The van der Waals surface area contributed by atoms with Crippen molar-refractivity contribution in [3.05, 3.63) is 29.3 Å². The fraction of sp³-hybridized carbons (Fsp3) is 0.100. The summed E-state index contributed by atoms with van der Waals surface area (Å²) in [6, 6.07) is 1.85. The van der Waals surface area contributed by atoms with Crippen LogP contribution in [-0.4, -0.2) is 11.1 Å². The highest BCUT2D eigenvalue weighted by Crippen LogP contribution is 2.15. The second-order valence-electron chi connectivity index (χ2n) is 2.73. The minimum Gasteiger partial charge on any atom is -0.481 e. The van der Waals surface area contributed by atoms with E-state index in [4.69, 9.17) is 10.8 Å². The Morgan fingerprint density at radius 1 is 1.40 bits per heavy atom. The van der Waals surface area contributed by atoms with Crippen LogP contribution in [0.5, 0.6) is 0 Å². The van der Waals surface area contributed by atoms with Gasteiger partial charge in [0, 0.05) is 5.69 Å². The predicted molar refractivity (Wildman–Crippen MR) is 49.9 cm³/mol. The van der Waals surface area contributed by atoms with Crippen molar-refractivity contribution < 1.29 is 18.7 Å². The molecule has 0 aliphatic rings. The maximum atomic E-state index is 13.1. The number of nitrogen functional groups attached to an aromatic ring is 1. The molecule has 3 nitrogen and oxygen atoms in total. The van der Waals surface area contributed by atoms with Gasteiger partial charge in [-0.1, -0.05) is 11.8 Å². The quantitative estimate of drug-likeness (QED) is 0.544. The number of carboxylic acid groups (broad SMARTS) is 1. The van der Waals surface area contributed by atoms with Crippen molar-refractivity contribution in [2.24, 2.45) is 0 Å². The molecule has 0 saturated heterocycles. The molecule has 0 fully saturated rings. The summed E-state index contributed by atoms with van der Waals surface area (Å²) in [6.45, 7) is 0. The van der Waals surface area contributed by atoms with E-state index in [2.05, 4.69) is 11.8 Å². The molecule has 5 heteroatoms. The van der Waals surface area contributed by atoms with E-state index >= 15 is 0 Å². The third-order valence-electron chi connectivity index (χ3n) is 1.52. The molecule has 15 heavy (non-hydrogen) atoms. The lowest BCUT2D eigenvalue weighted by molar-refractivity contribution is -0.135. The van der Waals surface area contributed by atoms with Crippen molar-refractivity contribution in [3.63, 3.8) is 0 Å². The Morgan fingerprint density at radius 3 is 2.40 bits per heavy atom. The van der Waals surface area contributed by atoms with Gasteiger partial charge in [-0.05, 0) is 12.1 Å². The second kappa shape index (κ2) is 4.42. The molecule has 1 aromatic rings. The Hall–Kier alpha value is -2.09. The van der Waals surface area contributed by atoms with Crippen LogP contribution in [0.1, 0.15) is 12.0 Å². The smallest absolute Gasteiger partial charge is 0.315 e. The van der Waals surface area contributed by atoms with E-state index in [9.17, 15) is 13.6 Å². The van der Waals surface area contributed by atoms with E-state index in [0.717, 1.165) is 12.1 Å². The zero-order valence-corrected chi connectivity index (χ0v) is 7.55. The van der Waals surface area contributed by atoms with Crippen LogP contribution in [0.25, 0.3) is 0 Å². The molecule has 1 aromatic carbocycles. The number of aliphatic carboxylic acids is 1. The van der Waals surface area contributed by atoms with Crippen LogP contribution < -0.4 is 5.73 Å². The van der Waals surface area contributed by atoms with Gasteiger partial charge in [0.15, 0.2) is 0 Å². The minimum absolute atomic E-state index is 0.0474. The van der Waals surface area contributed by atoms with Crippen molar-refractivity contribution in [2.75, 3.05) is 5.73 Å². The number of hydrogen-bond acceptors (Lipinski definition) is 2. The number of anilines is 1. The maximum absolute atomic E-state index is 13.1. The van der Waals surface area contributed by atoms with E-state index in [1.54, 1.807) is 0 Å². The summed E-state index contributed by atoms with van der Waals surface area (Å²) in [5.41, 5.74) is 4.67. The van der Waals surface area contributed by atoms with Crippen LogP contribution >= 0.6 is 0 Å². The van der Waals surface area contributed by atoms with Crippen LogP contribution in [0.2, 0.25) is 0 Å². The Kier molecular flexibility index (Phi) is 3.24. The summed E-state index contributed by atoms with van der Waals surface area (Å²) < 4.78 is 26.1. The van der Waals surface area contributed by atoms with Crippen molar-refractivity contribution in [3.8, 4) is 11.8 Å². The molecule has 0 spiro atoms. The number of benzene rings is 1. The molecule has 3 N–H and O–H groups in total. The first-order chi connectivity index (χ1) is 7.00. The number of nitrogens with two attached hydrogens (primary N) is 1. The van der Waals surface area contributed by atoms with Crippen molar-refractivity contribution in [2.45, 2.75) is 6.42 Å². The monoisotopic (exact) mass is 211 g/mol. The topological polar surface area (TPSA) is 63.3 Å². The van der Waals surface area contributed by atoms with Crippen LogP contribution in [0.15, 0.2) is 12.1 Å². The molecule has 0 aliphatic heterocycles. The van der Waals surface area contributed by atoms with E-state index in [-0.39, 0.29) is 5.69 Å². The lowest BCUT2D eigenvalue weighted by Gasteiger charge is -1.98. The minimum atomic E-state index is -1.15. The number of rotatable bonds is 1. The van der Waals surface area contributed by atoms with Gasteiger partial charge >= 0.3 is 5.97 Å². The van der Waals surface area contributed by atoms with Gasteiger partial charge in [-0.25, -0.2) is 8.78 Å². The molecule has 0 saturated carbocycles. The summed E-state index contributed by atoms with van der Waals surface area (Å²) in [4.78, 5) is 10.1. The van der Waals surface area contributed by atoms with Gasteiger partial charge in [-0.15, -0.1) is 0 Å². The standard InChI is InChI=1S/C10H7F2NO2/c11-8-4-6(13)5-9(12)7(8)2-1-3-10(14)15/h4-5H,3,13H2,(H,14,15). The van der Waals surface area contributed by atoms with Gasteiger partial charge in [0.05, 0.1) is 5.56 Å². The third kappa shape index (κ3) is 2.95. The van der Waals surface area contributed by atoms with Gasteiger partial charge in [0.1, 0.15) is 18.1 Å². The molecule has 0 aliphatic carbocycles. The summed E-state index contributed by atoms with van der Waals surface area (Å²) in [6.07, 6.45) is -0.469. The van der Waals surface area contributed by atoms with Crippen LogP contribution in [0, 0.1) is 23.5 Å². The van der Waals surface area contributed by atoms with Crippen molar-refractivity contribution in [1.82, 2.24) is 0 Å². The molecule has 0 radical (unpaired) electrons. The zero-order chi connectivity index (χ0) is 11.4. The number of carbonyl (C=O) groups is 1. The molecular formula is C10H7F2NO2. The Bertz CT molecular complexity index is 437. The Balaban J connectivity index is 3.03. The first-order valence-corrected chi connectivity index (χ1v) is 3.96. The third-order valence-corrected chi connectivity index (χ3v) is 1.52. The number of carboxylic acids is 1. The van der Waals surface area contributed by atoms with Crippen LogP contribution in [0.4, 0.5) is 14.5 Å². The van der Waals surface area contributed by atoms with E-state index in [1.165, 1.54) is 0 Å². The van der Waals surface area contributed by atoms with Gasteiger partial charge < -0.3 is 10.8 Å². The molecule has 0 unspecified atom stereocenters. The first kappa shape index (κ1) is 11.0. The van der Waals surface area contributed by atoms with E-state index in [1.807, 2.05) is 0 Å². The average Bonchev–Trinajstić information content (AvgIpc) is 2.08. The number of hydrogen-bond donors (Lipinski definition) is 2. The van der Waals surface area contributed by atoms with Crippen LogP contribution in [0.3, 0.4) is 0 Å². The van der Waals surface area contributed by atoms with Crippen molar-refractivity contribution in [1.29, 1.82) is 0 Å². The fourth-order valence-electron chi connectivity index (χ4n) is 0.920. The maximum Gasteiger partial charge on any atom is 0.315 e. The molecule has 0 heterocycles. The summed E-state index contributed by atoms with van der Waals surface area (Å²) >= 11 is 0. The molecule has 0 atom stereocenters. The lowest BCUT2D eigenvalue weighted by Crippen LogP contribution is -1.95. The predicted octanol–water partition coefficient (Wildman–Crippen LogP) is 1.37. The normalized spacial score (nSPS) is 9.20. The SMILES string of the molecule is Nc1cc(F)c(C#CCC(=O)O)c(F)c1. The molecule has 0 aromatic heterocycles. The Morgan fingerprint density at radius 2 is 1.93 bits per heavy atom. The summed E-state index contributed by atoms with van der Waals surface area (Å²) in [5.74, 6) is 1.29. The van der Waals surface area contributed by atoms with Gasteiger partial charge in [-0.2, -0.15) is 0 Å². The molecule has 1 rings (SSSR count). The molecule has 78 valence electrons. The number of halogens is 2. The highest BCUT2D eigenvalue weighted by Gasteiger charge is 2.07. The largest absolute Gasteiger partial charge is 0.481 e. The average molecular weight is 211 g/mol. The molecule has 0 bridgehead atoms. The summed E-state index contributed by atoms with van der Waals surface area (Å²) in [5, 5.41) is 8.26. The fourth-order valence-corrected chi connectivity index (χ4v) is 0.920. The Labute approximate surface area is 84.5 Å². The van der Waals surface area contributed by atoms with E-state index in [0.29, 0.717) is 0 Å². The van der Waals surface area contributed by atoms with Crippen LogP contribution in [-0.2, 0) is 4.79 Å². The van der Waals surface area contributed by atoms with Gasteiger partial charge in [0.25, 0.3) is 0 Å². The summed E-state index contributed by atoms with van der Waals surface area (Å²) in [7, 11) is 0. The zero-order valence-electron chi connectivity index (χ0n) is 7.55. The van der Waals surface area contributed by atoms with Gasteiger partial charge in [0.2, 0.25) is 0 Å². The second-order valence-corrected chi connectivity index (χ2v) is 2.73. The van der Waals surface area contributed by atoms with E-state index < -0.39 is 29.6 Å². The highest BCUT2D eigenvalue weighted by molar-refractivity contribution is 5.70. The van der Waals surface area contributed by atoms with Crippen molar-refractivity contribution >= 4 is 11.7 Å². The van der Waals surface area contributed by atoms with Gasteiger partial charge in [-0.3, -0.25) is 4.79 Å². The molecule has 0 amide bonds. The lowest BCUT2D eigenvalue weighted by atomic mass is 10.2.